The Kier molecular flexibility index (Phi) is 1.90. The standard InChI is InChI=1S/C9H18N2/c1-11(10)6-9-5-7-2-3-8(9)4-7/h7-9H,2-6,10H2,1H3. The first-order valence-corrected chi connectivity index (χ1v) is 4.71. The van der Waals surface area contributed by atoms with E-state index < -0.39 is 0 Å². The van der Waals surface area contributed by atoms with Gasteiger partial charge in [-0.2, -0.15) is 0 Å². The highest BCUT2D eigenvalue weighted by Gasteiger charge is 2.39. The van der Waals surface area contributed by atoms with Crippen molar-refractivity contribution in [1.29, 1.82) is 0 Å². The Bertz CT molecular complexity index is 144. The van der Waals surface area contributed by atoms with Crippen molar-refractivity contribution in [2.75, 3.05) is 13.6 Å². The minimum absolute atomic E-state index is 0.920. The van der Waals surface area contributed by atoms with Gasteiger partial charge in [-0.05, 0) is 37.0 Å². The highest BCUT2D eigenvalue weighted by Crippen LogP contribution is 2.48. The number of nitrogens with zero attached hydrogens (tertiary/aromatic N) is 1. The fourth-order valence-corrected chi connectivity index (χ4v) is 2.97. The van der Waals surface area contributed by atoms with Gasteiger partial charge in [0.15, 0.2) is 0 Å². The summed E-state index contributed by atoms with van der Waals surface area (Å²) in [4.78, 5) is 0. The van der Waals surface area contributed by atoms with Gasteiger partial charge in [0, 0.05) is 13.6 Å². The predicted molar refractivity (Wildman–Crippen MR) is 45.8 cm³/mol. The first-order chi connectivity index (χ1) is 5.25. The summed E-state index contributed by atoms with van der Waals surface area (Å²) in [5.74, 6) is 8.64. The maximum absolute atomic E-state index is 5.64. The lowest BCUT2D eigenvalue weighted by molar-refractivity contribution is 0.223. The van der Waals surface area contributed by atoms with Crippen LogP contribution in [0.25, 0.3) is 0 Å². The summed E-state index contributed by atoms with van der Waals surface area (Å²) in [6.45, 7) is 1.11. The monoisotopic (exact) mass is 154 g/mol. The average molecular weight is 154 g/mol. The molecule has 0 saturated heterocycles. The van der Waals surface area contributed by atoms with Crippen LogP contribution in [0.3, 0.4) is 0 Å². The molecule has 0 aromatic rings. The molecule has 0 aliphatic heterocycles. The maximum atomic E-state index is 5.64. The second-order valence-electron chi connectivity index (χ2n) is 4.37. The van der Waals surface area contributed by atoms with Crippen LogP contribution in [-0.2, 0) is 0 Å². The molecule has 2 bridgehead atoms. The van der Waals surface area contributed by atoms with Crippen molar-refractivity contribution in [3.8, 4) is 0 Å². The van der Waals surface area contributed by atoms with E-state index >= 15 is 0 Å². The van der Waals surface area contributed by atoms with Crippen LogP contribution in [0.5, 0.6) is 0 Å². The molecule has 2 aliphatic carbocycles. The minimum atomic E-state index is 0.920. The zero-order valence-corrected chi connectivity index (χ0v) is 7.29. The summed E-state index contributed by atoms with van der Waals surface area (Å²) >= 11 is 0. The molecular weight excluding hydrogens is 136 g/mol. The summed E-state index contributed by atoms with van der Waals surface area (Å²) in [5, 5.41) is 1.85. The minimum Gasteiger partial charge on any atom is -0.269 e. The predicted octanol–water partition coefficient (Wildman–Crippen LogP) is 1.23. The number of hydrogen-bond donors (Lipinski definition) is 1. The zero-order valence-electron chi connectivity index (χ0n) is 7.29. The summed E-state index contributed by atoms with van der Waals surface area (Å²) in [6.07, 6.45) is 5.92. The van der Waals surface area contributed by atoms with Crippen molar-refractivity contribution < 1.29 is 0 Å². The first kappa shape index (κ1) is 7.56. The SMILES string of the molecule is CN(N)CC1CC2CCC1C2. The molecule has 0 aromatic heterocycles. The van der Waals surface area contributed by atoms with Crippen LogP contribution in [0.15, 0.2) is 0 Å². The Morgan fingerprint density at radius 1 is 1.36 bits per heavy atom. The van der Waals surface area contributed by atoms with Gasteiger partial charge in [-0.3, -0.25) is 5.84 Å². The molecule has 2 N–H and O–H groups in total. The molecule has 2 nitrogen and oxygen atoms in total. The third-order valence-corrected chi connectivity index (χ3v) is 3.41. The molecule has 11 heavy (non-hydrogen) atoms. The molecular formula is C9H18N2. The molecule has 2 rings (SSSR count). The van der Waals surface area contributed by atoms with Crippen molar-refractivity contribution in [3.63, 3.8) is 0 Å². The topological polar surface area (TPSA) is 29.3 Å². The van der Waals surface area contributed by atoms with E-state index in [1.807, 2.05) is 12.1 Å². The van der Waals surface area contributed by atoms with E-state index in [1.54, 1.807) is 0 Å². The molecule has 3 unspecified atom stereocenters. The molecule has 2 saturated carbocycles. The quantitative estimate of drug-likeness (QED) is 0.479. The maximum Gasteiger partial charge on any atom is 0.0156 e. The Morgan fingerprint density at radius 2 is 2.18 bits per heavy atom. The molecule has 0 radical (unpaired) electrons. The van der Waals surface area contributed by atoms with Crippen LogP contribution < -0.4 is 5.84 Å². The lowest BCUT2D eigenvalue weighted by Crippen LogP contribution is -2.33. The number of hydrogen-bond acceptors (Lipinski definition) is 2. The van der Waals surface area contributed by atoms with Gasteiger partial charge in [0.25, 0.3) is 0 Å². The van der Waals surface area contributed by atoms with Gasteiger partial charge in [-0.15, -0.1) is 0 Å². The van der Waals surface area contributed by atoms with Gasteiger partial charge in [-0.25, -0.2) is 5.01 Å². The molecule has 3 atom stereocenters. The lowest BCUT2D eigenvalue weighted by Gasteiger charge is -2.24. The van der Waals surface area contributed by atoms with Gasteiger partial charge >= 0.3 is 0 Å². The zero-order chi connectivity index (χ0) is 7.84. The van der Waals surface area contributed by atoms with Crippen molar-refractivity contribution >= 4 is 0 Å². The smallest absolute Gasteiger partial charge is 0.0156 e. The molecule has 2 heteroatoms. The fraction of sp³-hybridized carbons (Fsp3) is 1.00. The van der Waals surface area contributed by atoms with E-state index in [1.165, 1.54) is 25.7 Å². The second kappa shape index (κ2) is 2.76. The van der Waals surface area contributed by atoms with Crippen molar-refractivity contribution in [3.05, 3.63) is 0 Å². The van der Waals surface area contributed by atoms with Gasteiger partial charge < -0.3 is 0 Å². The van der Waals surface area contributed by atoms with Crippen LogP contribution in [0.1, 0.15) is 25.7 Å². The van der Waals surface area contributed by atoms with Gasteiger partial charge in [0.05, 0.1) is 0 Å². The highest BCUT2D eigenvalue weighted by molar-refractivity contribution is 4.90. The third kappa shape index (κ3) is 1.42. The average Bonchev–Trinajstić information content (AvgIpc) is 2.45. The molecule has 0 amide bonds. The number of fused-ring (bicyclic) bond motifs is 2. The fourth-order valence-electron chi connectivity index (χ4n) is 2.97. The second-order valence-corrected chi connectivity index (χ2v) is 4.37. The van der Waals surface area contributed by atoms with E-state index in [2.05, 4.69) is 0 Å². The number of hydrazine groups is 1. The largest absolute Gasteiger partial charge is 0.269 e. The molecule has 0 aromatic carbocycles. The Hall–Kier alpha value is -0.0800. The third-order valence-electron chi connectivity index (χ3n) is 3.41. The van der Waals surface area contributed by atoms with Crippen LogP contribution in [0, 0.1) is 17.8 Å². The Balaban J connectivity index is 1.87. The van der Waals surface area contributed by atoms with Crippen LogP contribution >= 0.6 is 0 Å². The van der Waals surface area contributed by atoms with Crippen molar-refractivity contribution in [1.82, 2.24) is 5.01 Å². The number of nitrogens with two attached hydrogens (primary N) is 1. The number of rotatable bonds is 2. The molecule has 0 heterocycles. The van der Waals surface area contributed by atoms with E-state index in [-0.39, 0.29) is 0 Å². The van der Waals surface area contributed by atoms with Crippen molar-refractivity contribution in [2.45, 2.75) is 25.7 Å². The highest BCUT2D eigenvalue weighted by atomic mass is 15.4. The summed E-state index contributed by atoms with van der Waals surface area (Å²) in [7, 11) is 1.98. The first-order valence-electron chi connectivity index (χ1n) is 4.71. The summed E-state index contributed by atoms with van der Waals surface area (Å²) < 4.78 is 0. The molecule has 0 spiro atoms. The van der Waals surface area contributed by atoms with E-state index in [0.717, 1.165) is 24.3 Å². The van der Waals surface area contributed by atoms with Gasteiger partial charge in [0.2, 0.25) is 0 Å². The van der Waals surface area contributed by atoms with Crippen LogP contribution in [0.4, 0.5) is 0 Å². The molecule has 2 fully saturated rings. The van der Waals surface area contributed by atoms with E-state index in [9.17, 15) is 0 Å². The van der Waals surface area contributed by atoms with Crippen molar-refractivity contribution in [2.24, 2.45) is 23.6 Å². The van der Waals surface area contributed by atoms with Crippen LogP contribution in [0.2, 0.25) is 0 Å². The van der Waals surface area contributed by atoms with E-state index in [4.69, 9.17) is 5.84 Å². The molecule has 2 aliphatic rings. The Morgan fingerprint density at radius 3 is 2.64 bits per heavy atom. The summed E-state index contributed by atoms with van der Waals surface area (Å²) in [6, 6.07) is 0. The van der Waals surface area contributed by atoms with Crippen LogP contribution in [-0.4, -0.2) is 18.6 Å². The Labute approximate surface area is 68.7 Å². The molecule has 64 valence electrons. The normalized spacial score (nSPS) is 42.3. The van der Waals surface area contributed by atoms with Gasteiger partial charge in [0.1, 0.15) is 0 Å². The van der Waals surface area contributed by atoms with Gasteiger partial charge in [-0.1, -0.05) is 6.42 Å². The van der Waals surface area contributed by atoms with E-state index in [0.29, 0.717) is 0 Å². The summed E-state index contributed by atoms with van der Waals surface area (Å²) in [5.41, 5.74) is 0. The lowest BCUT2D eigenvalue weighted by atomic mass is 9.89.